The number of hydrogen-bond acceptors (Lipinski definition) is 6. The van der Waals surface area contributed by atoms with E-state index in [4.69, 9.17) is 5.73 Å². The highest BCUT2D eigenvalue weighted by Gasteiger charge is 2.37. The summed E-state index contributed by atoms with van der Waals surface area (Å²) in [6, 6.07) is 15.5. The van der Waals surface area contributed by atoms with Crippen LogP contribution in [-0.2, 0) is 26.2 Å². The highest BCUT2D eigenvalue weighted by atomic mass is 32.2. The van der Waals surface area contributed by atoms with Gasteiger partial charge in [-0.3, -0.25) is 4.79 Å². The van der Waals surface area contributed by atoms with Crippen LogP contribution in [0.5, 0.6) is 0 Å². The molecule has 210 valence electrons. The Bertz CT molecular complexity index is 1540. The first kappa shape index (κ1) is 29.9. The molecule has 3 aromatic carbocycles. The molecule has 0 radical (unpaired) electrons. The Balaban J connectivity index is 2.12. The first-order chi connectivity index (χ1) is 18.2. The van der Waals surface area contributed by atoms with Crippen LogP contribution in [-0.4, -0.2) is 46.0 Å². The number of alkyl halides is 3. The summed E-state index contributed by atoms with van der Waals surface area (Å²) in [6.07, 6.45) is -4.95. The quantitative estimate of drug-likeness (QED) is 0.341. The zero-order chi connectivity index (χ0) is 29.0. The van der Waals surface area contributed by atoms with Gasteiger partial charge in [0, 0.05) is 30.0 Å². The van der Waals surface area contributed by atoms with E-state index in [1.165, 1.54) is 24.3 Å². The van der Waals surface area contributed by atoms with Crippen molar-refractivity contribution in [2.45, 2.75) is 24.9 Å². The van der Waals surface area contributed by atoms with Crippen molar-refractivity contribution in [3.8, 4) is 0 Å². The minimum Gasteiger partial charge on any atom is -0.398 e. The fraction of sp³-hybridized carbons (Fsp3) is 0.240. The van der Waals surface area contributed by atoms with Crippen LogP contribution >= 0.6 is 0 Å². The predicted octanol–water partition coefficient (Wildman–Crippen LogP) is 4.36. The van der Waals surface area contributed by atoms with Gasteiger partial charge in [-0.25, -0.2) is 25.4 Å². The number of nitrogen functional groups attached to an aromatic ring is 1. The van der Waals surface area contributed by atoms with Gasteiger partial charge in [0.2, 0.25) is 10.0 Å². The van der Waals surface area contributed by atoms with Crippen molar-refractivity contribution in [1.82, 2.24) is 4.31 Å². The molecule has 0 aliphatic heterocycles. The Labute approximate surface area is 225 Å². The number of hydrogen-bond donors (Lipinski definition) is 2. The Morgan fingerprint density at radius 1 is 0.897 bits per heavy atom. The summed E-state index contributed by atoms with van der Waals surface area (Å²) in [7, 11) is -9.12. The van der Waals surface area contributed by atoms with Crippen LogP contribution in [0.1, 0.15) is 29.8 Å². The Morgan fingerprint density at radius 3 is 2.13 bits per heavy atom. The Morgan fingerprint density at radius 2 is 1.54 bits per heavy atom. The molecule has 0 fully saturated rings. The number of sulfonamides is 2. The normalized spacial score (nSPS) is 12.4. The predicted molar refractivity (Wildman–Crippen MR) is 143 cm³/mol. The van der Waals surface area contributed by atoms with Gasteiger partial charge in [-0.1, -0.05) is 38.1 Å². The van der Waals surface area contributed by atoms with Crippen LogP contribution in [0.15, 0.2) is 77.7 Å². The van der Waals surface area contributed by atoms with Crippen LogP contribution in [0, 0.1) is 0 Å². The van der Waals surface area contributed by atoms with E-state index in [0.29, 0.717) is 15.9 Å². The minimum atomic E-state index is -4.95. The van der Waals surface area contributed by atoms with Gasteiger partial charge in [-0.2, -0.15) is 13.2 Å². The summed E-state index contributed by atoms with van der Waals surface area (Å²) in [5.74, 6) is -1.61. The number of nitrogens with two attached hydrogens (primary N) is 1. The van der Waals surface area contributed by atoms with E-state index in [0.717, 1.165) is 16.4 Å². The van der Waals surface area contributed by atoms with Crippen molar-refractivity contribution >= 4 is 43.0 Å². The average Bonchev–Trinajstić information content (AvgIpc) is 2.88. The van der Waals surface area contributed by atoms with Gasteiger partial charge in [0.1, 0.15) is 0 Å². The summed E-state index contributed by atoms with van der Waals surface area (Å²) >= 11 is 0. The van der Waals surface area contributed by atoms with E-state index < -0.39 is 54.2 Å². The summed E-state index contributed by atoms with van der Waals surface area (Å²) in [5, 5.41) is 2.60. The molecule has 3 aromatic rings. The number of benzene rings is 3. The molecule has 14 heteroatoms. The summed E-state index contributed by atoms with van der Waals surface area (Å²) in [4.78, 5) is 11.8. The van der Waals surface area contributed by atoms with E-state index in [-0.39, 0.29) is 24.5 Å². The van der Waals surface area contributed by atoms with Crippen LogP contribution in [0.25, 0.3) is 0 Å². The second-order valence-electron chi connectivity index (χ2n) is 8.30. The second-order valence-corrected chi connectivity index (χ2v) is 12.1. The average molecular weight is 585 g/mol. The third-order valence-electron chi connectivity index (χ3n) is 5.73. The molecule has 39 heavy (non-hydrogen) atoms. The lowest BCUT2D eigenvalue weighted by Gasteiger charge is -2.28. The molecule has 0 aromatic heterocycles. The van der Waals surface area contributed by atoms with Gasteiger partial charge < -0.3 is 11.1 Å². The van der Waals surface area contributed by atoms with Crippen LogP contribution < -0.4 is 15.4 Å². The van der Waals surface area contributed by atoms with Crippen LogP contribution in [0.2, 0.25) is 0 Å². The highest BCUT2D eigenvalue weighted by molar-refractivity contribution is 7.95. The van der Waals surface area contributed by atoms with Crippen molar-refractivity contribution in [2.75, 3.05) is 34.3 Å². The second kappa shape index (κ2) is 11.6. The fourth-order valence-electron chi connectivity index (χ4n) is 3.73. The number of carbonyl (C=O) groups is 1. The maximum absolute atomic E-state index is 13.7. The van der Waals surface area contributed by atoms with Gasteiger partial charge in [0.25, 0.3) is 15.9 Å². The van der Waals surface area contributed by atoms with E-state index in [2.05, 4.69) is 5.32 Å². The number of anilines is 3. The molecule has 0 heterocycles. The first-order valence-corrected chi connectivity index (χ1v) is 14.7. The number of amides is 1. The standard InChI is InChI=1S/C25H27F3N4O5S2/c1-3-31(4-2)38(34,35)17-32(39(36,37)21-13-14-23(29)22(16-21)25(26,27)28)20-12-8-11-19(15-20)30-24(33)18-9-6-5-7-10-18/h5-16H,3-4,17,29H2,1-2H3,(H,30,33). The molecule has 3 N–H and O–H groups in total. The number of nitrogens with zero attached hydrogens (tertiary/aromatic N) is 2. The summed E-state index contributed by atoms with van der Waals surface area (Å²) < 4.78 is 95.7. The molecule has 9 nitrogen and oxygen atoms in total. The minimum absolute atomic E-state index is 0.0417. The fourth-order valence-corrected chi connectivity index (χ4v) is 7.23. The van der Waals surface area contributed by atoms with Gasteiger partial charge in [0.05, 0.1) is 16.1 Å². The lowest BCUT2D eigenvalue weighted by Crippen LogP contribution is -2.42. The zero-order valence-corrected chi connectivity index (χ0v) is 22.6. The van der Waals surface area contributed by atoms with Crippen molar-refractivity contribution in [3.05, 3.63) is 83.9 Å². The number of nitrogens with one attached hydrogen (secondary N) is 1. The van der Waals surface area contributed by atoms with Crippen molar-refractivity contribution in [1.29, 1.82) is 0 Å². The van der Waals surface area contributed by atoms with Gasteiger partial charge in [-0.15, -0.1) is 0 Å². The van der Waals surface area contributed by atoms with Gasteiger partial charge >= 0.3 is 6.18 Å². The summed E-state index contributed by atoms with van der Waals surface area (Å²) in [5.41, 5.74) is 3.62. The highest BCUT2D eigenvalue weighted by Crippen LogP contribution is 2.36. The maximum atomic E-state index is 13.7. The van der Waals surface area contributed by atoms with E-state index in [1.54, 1.807) is 44.2 Å². The van der Waals surface area contributed by atoms with Crippen molar-refractivity contribution < 1.29 is 34.8 Å². The Hall–Kier alpha value is -3.62. The zero-order valence-electron chi connectivity index (χ0n) is 21.0. The van der Waals surface area contributed by atoms with Crippen LogP contribution in [0.3, 0.4) is 0 Å². The molecule has 0 atom stereocenters. The molecule has 0 aliphatic carbocycles. The van der Waals surface area contributed by atoms with E-state index >= 15 is 0 Å². The topological polar surface area (TPSA) is 130 Å². The molecule has 0 bridgehead atoms. The number of halogens is 3. The first-order valence-electron chi connectivity index (χ1n) is 11.6. The SMILES string of the molecule is CCN(CC)S(=O)(=O)CN(c1cccc(NC(=O)c2ccccc2)c1)S(=O)(=O)c1ccc(N)c(C(F)(F)F)c1. The molecular formula is C25H27F3N4O5S2. The van der Waals surface area contributed by atoms with Crippen molar-refractivity contribution in [2.24, 2.45) is 0 Å². The molecule has 0 saturated carbocycles. The largest absolute Gasteiger partial charge is 0.418 e. The summed E-state index contributed by atoms with van der Waals surface area (Å²) in [6.45, 7) is 3.21. The van der Waals surface area contributed by atoms with E-state index in [1.807, 2.05) is 0 Å². The lowest BCUT2D eigenvalue weighted by atomic mass is 10.2. The third-order valence-corrected chi connectivity index (χ3v) is 9.55. The van der Waals surface area contributed by atoms with Gasteiger partial charge in [0.15, 0.2) is 5.88 Å². The smallest absolute Gasteiger partial charge is 0.398 e. The molecule has 0 aliphatic rings. The van der Waals surface area contributed by atoms with Gasteiger partial charge in [-0.05, 0) is 48.5 Å². The molecule has 0 spiro atoms. The Kier molecular flexibility index (Phi) is 8.93. The molecule has 1 amide bonds. The van der Waals surface area contributed by atoms with E-state index in [9.17, 15) is 34.8 Å². The monoisotopic (exact) mass is 584 g/mol. The number of rotatable bonds is 10. The molecule has 3 rings (SSSR count). The molecule has 0 unspecified atom stereocenters. The molecular weight excluding hydrogens is 557 g/mol. The lowest BCUT2D eigenvalue weighted by molar-refractivity contribution is -0.137. The van der Waals surface area contributed by atoms with Crippen molar-refractivity contribution in [3.63, 3.8) is 0 Å². The maximum Gasteiger partial charge on any atom is 0.418 e. The third kappa shape index (κ3) is 6.88. The van der Waals surface area contributed by atoms with Crippen LogP contribution in [0.4, 0.5) is 30.2 Å². The molecule has 0 saturated heterocycles. The number of carbonyl (C=O) groups excluding carboxylic acids is 1.